The second-order valence-corrected chi connectivity index (χ2v) is 6.15. The Morgan fingerprint density at radius 2 is 2.37 bits per heavy atom. The molecule has 1 aromatic heterocycles. The molecule has 0 aliphatic heterocycles. The molecule has 0 spiro atoms. The first-order valence-electron chi connectivity index (χ1n) is 5.35. The lowest BCUT2D eigenvalue weighted by Crippen LogP contribution is -2.46. The molecule has 1 atom stereocenters. The third-order valence-electron chi connectivity index (χ3n) is 2.31. The van der Waals surface area contributed by atoms with Gasteiger partial charge in [-0.25, -0.2) is 9.59 Å². The molecule has 0 saturated carbocycles. The molecule has 0 fully saturated rings. The molecule has 1 unspecified atom stereocenters. The van der Waals surface area contributed by atoms with Gasteiger partial charge in [-0.05, 0) is 32.9 Å². The van der Waals surface area contributed by atoms with Crippen molar-refractivity contribution < 1.29 is 14.7 Å². The van der Waals surface area contributed by atoms with Gasteiger partial charge in [0.25, 0.3) is 0 Å². The number of carboxylic acids is 1. The maximum atomic E-state index is 11.8. The van der Waals surface area contributed by atoms with Gasteiger partial charge in [0.1, 0.15) is 6.04 Å². The minimum Gasteiger partial charge on any atom is -0.480 e. The highest BCUT2D eigenvalue weighted by Crippen LogP contribution is 2.21. The van der Waals surface area contributed by atoms with Crippen molar-refractivity contribution in [1.29, 1.82) is 0 Å². The fourth-order valence-electron chi connectivity index (χ4n) is 1.35. The van der Waals surface area contributed by atoms with Crippen LogP contribution in [-0.2, 0) is 11.3 Å². The first-order chi connectivity index (χ1) is 8.93. The van der Waals surface area contributed by atoms with Crippen molar-refractivity contribution in [1.82, 2.24) is 10.2 Å². The van der Waals surface area contributed by atoms with E-state index in [4.69, 9.17) is 11.5 Å². The van der Waals surface area contributed by atoms with Gasteiger partial charge in [0.15, 0.2) is 0 Å². The summed E-state index contributed by atoms with van der Waals surface area (Å²) in [5.74, 6) is 1.09. The minimum atomic E-state index is -1.14. The van der Waals surface area contributed by atoms with Gasteiger partial charge in [0.2, 0.25) is 0 Å². The van der Waals surface area contributed by atoms with Crippen molar-refractivity contribution in [3.05, 3.63) is 20.8 Å². The molecule has 7 heteroatoms. The highest BCUT2D eigenvalue weighted by atomic mass is 79.9. The average molecular weight is 345 g/mol. The van der Waals surface area contributed by atoms with Gasteiger partial charge in [0, 0.05) is 20.0 Å². The maximum Gasteiger partial charge on any atom is 0.327 e. The number of amides is 2. The molecule has 0 bridgehead atoms. The van der Waals surface area contributed by atoms with Gasteiger partial charge in [-0.3, -0.25) is 0 Å². The second kappa shape index (κ2) is 7.16. The number of hydrogen-bond acceptors (Lipinski definition) is 3. The second-order valence-electron chi connectivity index (χ2n) is 3.86. The molecule has 1 heterocycles. The fraction of sp³-hybridized carbons (Fsp3) is 0.333. The predicted molar refractivity (Wildman–Crippen MR) is 76.9 cm³/mol. The lowest BCUT2D eigenvalue weighted by molar-refractivity contribution is -0.139. The molecule has 0 aliphatic rings. The highest BCUT2D eigenvalue weighted by molar-refractivity contribution is 9.11. The van der Waals surface area contributed by atoms with Crippen LogP contribution in [0, 0.1) is 12.3 Å². The molecule has 5 nitrogen and oxygen atoms in total. The summed E-state index contributed by atoms with van der Waals surface area (Å²) < 4.78 is 0.979. The summed E-state index contributed by atoms with van der Waals surface area (Å²) in [4.78, 5) is 24.1. The molecular formula is C12H13BrN2O3S. The van der Waals surface area contributed by atoms with Gasteiger partial charge in [0.05, 0.1) is 3.79 Å². The topological polar surface area (TPSA) is 69.6 Å². The number of halogens is 1. The number of rotatable bonds is 5. The number of nitrogens with zero attached hydrogens (tertiary/aromatic N) is 1. The highest BCUT2D eigenvalue weighted by Gasteiger charge is 2.20. The smallest absolute Gasteiger partial charge is 0.327 e. The van der Waals surface area contributed by atoms with Gasteiger partial charge in [-0.1, -0.05) is 0 Å². The molecule has 0 aromatic carbocycles. The molecule has 2 amide bonds. The van der Waals surface area contributed by atoms with Crippen LogP contribution in [0.2, 0.25) is 0 Å². The molecule has 0 saturated heterocycles. The normalized spacial score (nSPS) is 11.4. The van der Waals surface area contributed by atoms with Gasteiger partial charge >= 0.3 is 12.0 Å². The Kier molecular flexibility index (Phi) is 5.86. The molecule has 0 aliphatic carbocycles. The zero-order valence-corrected chi connectivity index (χ0v) is 12.6. The fourth-order valence-corrected chi connectivity index (χ4v) is 2.55. The monoisotopic (exact) mass is 344 g/mol. The summed E-state index contributed by atoms with van der Waals surface area (Å²) in [5, 5.41) is 13.2. The number of terminal acetylenes is 1. The van der Waals surface area contributed by atoms with Crippen molar-refractivity contribution >= 4 is 39.3 Å². The SMILES string of the molecule is C#CCC(NC(=O)N(C)Cc1csc(Br)c1)C(=O)O. The van der Waals surface area contributed by atoms with E-state index in [2.05, 4.69) is 27.2 Å². The Balaban J connectivity index is 2.57. The number of hydrogen-bond donors (Lipinski definition) is 2. The molecule has 1 aromatic rings. The summed E-state index contributed by atoms with van der Waals surface area (Å²) in [6.07, 6.45) is 5.02. The van der Waals surface area contributed by atoms with E-state index in [-0.39, 0.29) is 6.42 Å². The van der Waals surface area contributed by atoms with Crippen LogP contribution in [0.3, 0.4) is 0 Å². The molecule has 2 N–H and O–H groups in total. The number of nitrogens with one attached hydrogen (secondary N) is 1. The number of carboxylic acid groups (broad SMARTS) is 1. The lowest BCUT2D eigenvalue weighted by atomic mass is 10.2. The van der Waals surface area contributed by atoms with Gasteiger partial charge in [-0.15, -0.1) is 23.7 Å². The third-order valence-corrected chi connectivity index (χ3v) is 3.86. The van der Waals surface area contributed by atoms with Crippen molar-refractivity contribution in [2.24, 2.45) is 0 Å². The van der Waals surface area contributed by atoms with Crippen LogP contribution in [0.5, 0.6) is 0 Å². The third kappa shape index (κ3) is 4.93. The van der Waals surface area contributed by atoms with E-state index in [9.17, 15) is 9.59 Å². The van der Waals surface area contributed by atoms with Gasteiger partial charge in [-0.2, -0.15) is 0 Å². The summed E-state index contributed by atoms with van der Waals surface area (Å²) in [7, 11) is 1.59. The Morgan fingerprint density at radius 3 is 2.84 bits per heavy atom. The van der Waals surface area contributed by atoms with E-state index in [0.717, 1.165) is 9.35 Å². The molecule has 102 valence electrons. The average Bonchev–Trinajstić information content (AvgIpc) is 2.73. The van der Waals surface area contributed by atoms with Crippen LogP contribution in [-0.4, -0.2) is 35.1 Å². The first kappa shape index (κ1) is 15.5. The first-order valence-corrected chi connectivity index (χ1v) is 7.02. The van der Waals surface area contributed by atoms with E-state index in [1.165, 1.54) is 16.2 Å². The predicted octanol–water partition coefficient (Wildman–Crippen LogP) is 2.13. The van der Waals surface area contributed by atoms with Crippen LogP contribution < -0.4 is 5.32 Å². The van der Waals surface area contributed by atoms with Crippen molar-refractivity contribution in [3.8, 4) is 12.3 Å². The zero-order valence-electron chi connectivity index (χ0n) is 10.2. The quantitative estimate of drug-likeness (QED) is 0.804. The number of urea groups is 1. The summed E-state index contributed by atoms with van der Waals surface area (Å²) in [6, 6.07) is 0.379. The molecule has 0 radical (unpaired) electrons. The van der Waals surface area contributed by atoms with Crippen LogP contribution >= 0.6 is 27.3 Å². The van der Waals surface area contributed by atoms with Crippen LogP contribution in [0.4, 0.5) is 4.79 Å². The van der Waals surface area contributed by atoms with E-state index in [1.54, 1.807) is 7.05 Å². The summed E-state index contributed by atoms with van der Waals surface area (Å²) in [6.45, 7) is 0.399. The molecule has 1 rings (SSSR count). The zero-order chi connectivity index (χ0) is 14.4. The van der Waals surface area contributed by atoms with Crippen molar-refractivity contribution in [2.75, 3.05) is 7.05 Å². The number of carbonyl (C=O) groups is 2. The summed E-state index contributed by atoms with van der Waals surface area (Å²) in [5.41, 5.74) is 0.971. The standard InChI is InChI=1S/C12H13BrN2O3S/c1-3-4-9(11(16)17)14-12(18)15(2)6-8-5-10(13)19-7-8/h1,5,7,9H,4,6H2,2H3,(H,14,18)(H,16,17). The summed E-state index contributed by atoms with van der Waals surface area (Å²) >= 11 is 4.86. The van der Waals surface area contributed by atoms with E-state index in [0.29, 0.717) is 6.54 Å². The Hall–Kier alpha value is -1.52. The molecule has 19 heavy (non-hydrogen) atoms. The van der Waals surface area contributed by atoms with E-state index < -0.39 is 18.0 Å². The number of carbonyl (C=O) groups excluding carboxylic acids is 1. The van der Waals surface area contributed by atoms with Crippen LogP contribution in [0.25, 0.3) is 0 Å². The van der Waals surface area contributed by atoms with Crippen LogP contribution in [0.15, 0.2) is 15.2 Å². The Bertz CT molecular complexity index is 509. The maximum absolute atomic E-state index is 11.8. The van der Waals surface area contributed by atoms with Crippen molar-refractivity contribution in [2.45, 2.75) is 19.0 Å². The largest absolute Gasteiger partial charge is 0.480 e. The lowest BCUT2D eigenvalue weighted by Gasteiger charge is -2.20. The minimum absolute atomic E-state index is 0.0427. The molecular weight excluding hydrogens is 332 g/mol. The van der Waals surface area contributed by atoms with Crippen molar-refractivity contribution in [3.63, 3.8) is 0 Å². The van der Waals surface area contributed by atoms with E-state index >= 15 is 0 Å². The number of thiophene rings is 1. The van der Waals surface area contributed by atoms with Crippen LogP contribution in [0.1, 0.15) is 12.0 Å². The number of aliphatic carboxylic acids is 1. The Labute approximate surface area is 123 Å². The van der Waals surface area contributed by atoms with Gasteiger partial charge < -0.3 is 15.3 Å². The Morgan fingerprint density at radius 1 is 1.68 bits per heavy atom. The van der Waals surface area contributed by atoms with E-state index in [1.807, 2.05) is 11.4 Å².